The highest BCUT2D eigenvalue weighted by Crippen LogP contribution is 2.32. The van der Waals surface area contributed by atoms with Crippen molar-refractivity contribution in [2.24, 2.45) is 11.6 Å². The van der Waals surface area contributed by atoms with Gasteiger partial charge in [0.2, 0.25) is 0 Å². The van der Waals surface area contributed by atoms with Crippen molar-refractivity contribution in [3.05, 3.63) is 0 Å². The average Bonchev–Trinajstić information content (AvgIpc) is 1.94. The molecule has 3 heteroatoms. The molecule has 0 bridgehead atoms. The minimum Gasteiger partial charge on any atom is -0.390 e. The van der Waals surface area contributed by atoms with E-state index in [1.165, 1.54) is 0 Å². The average molecular weight is 155 g/mol. The van der Waals surface area contributed by atoms with E-state index in [0.717, 1.165) is 45.3 Å². The lowest BCUT2D eigenvalue weighted by Crippen LogP contribution is -2.31. The first-order chi connectivity index (χ1) is 5.14. The summed E-state index contributed by atoms with van der Waals surface area (Å²) in [6, 6.07) is 0. The third-order valence-corrected chi connectivity index (χ3v) is 2.76. The maximum atomic E-state index is 9.63. The largest absolute Gasteiger partial charge is 0.390 e. The Labute approximate surface area is 69.4 Å². The van der Waals surface area contributed by atoms with Crippen LogP contribution in [0.4, 0.5) is 0 Å². The van der Waals surface area contributed by atoms with Crippen molar-refractivity contribution in [3.8, 4) is 0 Å². The zero-order valence-corrected chi connectivity index (χ0v) is 7.34. The molecule has 1 rings (SSSR count). The molecular weight excluding hydrogens is 137 g/mol. The van der Waals surface area contributed by atoms with E-state index >= 15 is 0 Å². The van der Waals surface area contributed by atoms with Gasteiger partial charge in [-0.15, -0.1) is 0 Å². The Morgan fingerprint density at radius 2 is 2.09 bits per heavy atom. The summed E-state index contributed by atoms with van der Waals surface area (Å²) in [5.41, 5.74) is 5.08. The van der Waals surface area contributed by atoms with Crippen LogP contribution >= 0.6 is 0 Å². The normalized spacial score (nSPS) is 38.6. The van der Waals surface area contributed by atoms with Gasteiger partial charge < -0.3 is 10.8 Å². The summed E-state index contributed by atoms with van der Waals surface area (Å²) in [4.78, 5) is 0. The predicted octanol–water partition coefficient (Wildman–Crippen LogP) is 0.656. The molecule has 0 radical (unpaired) electrons. The summed E-state index contributed by atoms with van der Waals surface area (Å²) in [5, 5.41) is 9.63. The van der Waals surface area contributed by atoms with Crippen LogP contribution in [0.3, 0.4) is 0 Å². The molecule has 0 amide bonds. The Balaban J connectivity index is 2.25. The van der Waals surface area contributed by atoms with Crippen molar-refractivity contribution < 1.29 is 5.11 Å². The molecule has 64 valence electrons. The summed E-state index contributed by atoms with van der Waals surface area (Å²) in [7, 11) is 0.798. The number of rotatable bonds is 2. The third kappa shape index (κ3) is 2.84. The Hall–Kier alpha value is -0.0151. The van der Waals surface area contributed by atoms with E-state index in [9.17, 15) is 5.11 Å². The van der Waals surface area contributed by atoms with Crippen LogP contribution in [0.25, 0.3) is 0 Å². The number of aliphatic hydroxyl groups is 1. The van der Waals surface area contributed by atoms with Gasteiger partial charge in [0.1, 0.15) is 0 Å². The van der Waals surface area contributed by atoms with E-state index < -0.39 is 0 Å². The summed E-state index contributed by atoms with van der Waals surface area (Å²) in [6.07, 6.45) is 5.36. The van der Waals surface area contributed by atoms with Gasteiger partial charge >= 0.3 is 0 Å². The highest BCUT2D eigenvalue weighted by atomic mass is 16.3. The summed E-state index contributed by atoms with van der Waals surface area (Å²) >= 11 is 0. The summed E-state index contributed by atoms with van der Waals surface area (Å²) in [5.74, 6) is 0.778. The summed E-state index contributed by atoms with van der Waals surface area (Å²) in [6.45, 7) is 1.94. The number of nitrogens with two attached hydrogens (primary N) is 1. The van der Waals surface area contributed by atoms with E-state index in [4.69, 9.17) is 5.64 Å². The fourth-order valence-corrected chi connectivity index (χ4v) is 1.82. The van der Waals surface area contributed by atoms with Gasteiger partial charge in [0.15, 0.2) is 7.41 Å². The molecule has 2 nitrogen and oxygen atoms in total. The van der Waals surface area contributed by atoms with Gasteiger partial charge in [0.05, 0.1) is 5.60 Å². The molecule has 1 aliphatic rings. The Morgan fingerprint density at radius 3 is 2.55 bits per heavy atom. The molecule has 1 fully saturated rings. The van der Waals surface area contributed by atoms with E-state index in [1.807, 2.05) is 6.92 Å². The molecule has 0 aliphatic heterocycles. The molecule has 1 aliphatic carbocycles. The lowest BCUT2D eigenvalue weighted by Gasteiger charge is -2.32. The zero-order valence-electron chi connectivity index (χ0n) is 7.34. The molecule has 1 saturated carbocycles. The monoisotopic (exact) mass is 155 g/mol. The third-order valence-electron chi connectivity index (χ3n) is 2.76. The van der Waals surface area contributed by atoms with E-state index in [2.05, 4.69) is 0 Å². The Bertz CT molecular complexity index is 117. The second-order valence-corrected chi connectivity index (χ2v) is 4.02. The van der Waals surface area contributed by atoms with Crippen molar-refractivity contribution in [2.75, 3.05) is 0 Å². The lowest BCUT2D eigenvalue weighted by molar-refractivity contribution is 0.0105. The van der Waals surface area contributed by atoms with Crippen LogP contribution < -0.4 is 5.64 Å². The molecule has 0 aromatic heterocycles. The lowest BCUT2D eigenvalue weighted by atomic mass is 9.71. The standard InChI is InChI=1S/C8H18BNO/c1-8(11)4-2-7(3-5-8)6-9-10/h7,9,11H,2-6,10H2,1H3/t7-,8-. The van der Waals surface area contributed by atoms with Crippen LogP contribution in [0.2, 0.25) is 6.32 Å². The van der Waals surface area contributed by atoms with Gasteiger partial charge in [-0.1, -0.05) is 6.32 Å². The second-order valence-electron chi connectivity index (χ2n) is 4.02. The van der Waals surface area contributed by atoms with Crippen molar-refractivity contribution in [1.82, 2.24) is 0 Å². The smallest absolute Gasteiger partial charge is 0.198 e. The van der Waals surface area contributed by atoms with Crippen molar-refractivity contribution in [2.45, 2.75) is 44.5 Å². The zero-order chi connectivity index (χ0) is 8.32. The van der Waals surface area contributed by atoms with E-state index in [0.29, 0.717) is 0 Å². The van der Waals surface area contributed by atoms with Gasteiger partial charge in [-0.05, 0) is 38.5 Å². The molecule has 0 saturated heterocycles. The fourth-order valence-electron chi connectivity index (χ4n) is 1.82. The maximum Gasteiger partial charge on any atom is 0.198 e. The molecule has 3 N–H and O–H groups in total. The van der Waals surface area contributed by atoms with Crippen LogP contribution in [0.15, 0.2) is 0 Å². The first kappa shape index (κ1) is 9.08. The van der Waals surface area contributed by atoms with Crippen LogP contribution in [0.5, 0.6) is 0 Å². The minimum absolute atomic E-state index is 0.384. The quantitative estimate of drug-likeness (QED) is 0.575. The highest BCUT2D eigenvalue weighted by molar-refractivity contribution is 6.30. The summed E-state index contributed by atoms with van der Waals surface area (Å²) < 4.78 is 0. The molecule has 0 spiro atoms. The molecule has 0 atom stereocenters. The second kappa shape index (κ2) is 3.59. The first-order valence-electron chi connectivity index (χ1n) is 4.56. The van der Waals surface area contributed by atoms with E-state index in [1.54, 1.807) is 0 Å². The maximum absolute atomic E-state index is 9.63. The first-order valence-corrected chi connectivity index (χ1v) is 4.56. The molecular formula is C8H18BNO. The van der Waals surface area contributed by atoms with Gasteiger partial charge in [0.25, 0.3) is 0 Å². The van der Waals surface area contributed by atoms with Gasteiger partial charge in [-0.25, -0.2) is 0 Å². The van der Waals surface area contributed by atoms with E-state index in [-0.39, 0.29) is 5.60 Å². The molecule has 0 unspecified atom stereocenters. The predicted molar refractivity (Wildman–Crippen MR) is 48.7 cm³/mol. The van der Waals surface area contributed by atoms with Crippen molar-refractivity contribution in [1.29, 1.82) is 0 Å². The van der Waals surface area contributed by atoms with Crippen LogP contribution in [0, 0.1) is 5.92 Å². The Kier molecular flexibility index (Phi) is 2.96. The topological polar surface area (TPSA) is 46.2 Å². The number of hydrogen-bond donors (Lipinski definition) is 2. The SMILES string of the molecule is C[C@]1(O)CC[C@H](CBN)CC1. The Morgan fingerprint density at radius 1 is 1.55 bits per heavy atom. The van der Waals surface area contributed by atoms with Crippen LogP contribution in [-0.2, 0) is 0 Å². The molecule has 0 heterocycles. The van der Waals surface area contributed by atoms with Crippen LogP contribution in [0.1, 0.15) is 32.6 Å². The fraction of sp³-hybridized carbons (Fsp3) is 1.00. The van der Waals surface area contributed by atoms with Crippen molar-refractivity contribution >= 4 is 7.41 Å². The molecule has 0 aromatic rings. The van der Waals surface area contributed by atoms with Gasteiger partial charge in [-0.2, -0.15) is 0 Å². The van der Waals surface area contributed by atoms with Gasteiger partial charge in [0, 0.05) is 0 Å². The van der Waals surface area contributed by atoms with Crippen molar-refractivity contribution in [3.63, 3.8) is 0 Å². The van der Waals surface area contributed by atoms with Gasteiger partial charge in [-0.3, -0.25) is 0 Å². The molecule has 11 heavy (non-hydrogen) atoms. The molecule has 0 aromatic carbocycles. The number of hydrogen-bond acceptors (Lipinski definition) is 2. The van der Waals surface area contributed by atoms with Crippen LogP contribution in [-0.4, -0.2) is 18.1 Å². The minimum atomic E-state index is -0.384. The highest BCUT2D eigenvalue weighted by Gasteiger charge is 2.27.